The SMILES string of the molecule is O=C1C2CCCCCC2=NN1Cc1ccc(Br)cc1. The molecule has 1 heterocycles. The Hall–Kier alpha value is -1.16. The lowest BCUT2D eigenvalue weighted by Gasteiger charge is -2.14. The highest BCUT2D eigenvalue weighted by molar-refractivity contribution is 9.10. The molecule has 0 saturated heterocycles. The van der Waals surface area contributed by atoms with Crippen LogP contribution in [-0.2, 0) is 11.3 Å². The fourth-order valence-corrected chi connectivity index (χ4v) is 3.08. The zero-order valence-corrected chi connectivity index (χ0v) is 12.4. The molecule has 0 N–H and O–H groups in total. The average Bonchev–Trinajstić information content (AvgIpc) is 2.60. The van der Waals surface area contributed by atoms with Crippen LogP contribution in [0.15, 0.2) is 33.8 Å². The van der Waals surface area contributed by atoms with E-state index < -0.39 is 0 Å². The van der Waals surface area contributed by atoms with E-state index in [0.29, 0.717) is 6.54 Å². The summed E-state index contributed by atoms with van der Waals surface area (Å²) in [6.45, 7) is 0.589. The van der Waals surface area contributed by atoms with E-state index in [1.807, 2.05) is 24.3 Å². The first-order valence-electron chi connectivity index (χ1n) is 6.87. The third-order valence-corrected chi connectivity index (χ3v) is 4.40. The minimum absolute atomic E-state index is 0.0675. The molecule has 19 heavy (non-hydrogen) atoms. The largest absolute Gasteiger partial charge is 0.272 e. The van der Waals surface area contributed by atoms with Crippen molar-refractivity contribution in [2.75, 3.05) is 0 Å². The van der Waals surface area contributed by atoms with Crippen molar-refractivity contribution >= 4 is 27.5 Å². The Balaban J connectivity index is 1.75. The first kappa shape index (κ1) is 12.9. The summed E-state index contributed by atoms with van der Waals surface area (Å²) < 4.78 is 1.06. The third-order valence-electron chi connectivity index (χ3n) is 3.88. The van der Waals surface area contributed by atoms with Crippen LogP contribution >= 0.6 is 15.9 Å². The van der Waals surface area contributed by atoms with Gasteiger partial charge in [-0.3, -0.25) is 4.79 Å². The summed E-state index contributed by atoms with van der Waals surface area (Å²) in [7, 11) is 0. The summed E-state index contributed by atoms with van der Waals surface area (Å²) in [5, 5.41) is 6.22. The van der Waals surface area contributed by atoms with Crippen molar-refractivity contribution in [1.82, 2.24) is 5.01 Å². The fraction of sp³-hybridized carbons (Fsp3) is 0.467. The molecular formula is C15H17BrN2O. The van der Waals surface area contributed by atoms with E-state index in [4.69, 9.17) is 0 Å². The molecule has 0 aromatic heterocycles. The third kappa shape index (κ3) is 2.73. The van der Waals surface area contributed by atoms with Gasteiger partial charge in [-0.2, -0.15) is 5.10 Å². The van der Waals surface area contributed by atoms with E-state index in [1.54, 1.807) is 5.01 Å². The van der Waals surface area contributed by atoms with Gasteiger partial charge in [0.25, 0.3) is 5.91 Å². The van der Waals surface area contributed by atoms with Gasteiger partial charge in [-0.15, -0.1) is 0 Å². The Morgan fingerprint density at radius 3 is 2.79 bits per heavy atom. The molecule has 1 unspecified atom stereocenters. The molecule has 1 aromatic rings. The zero-order valence-electron chi connectivity index (χ0n) is 10.8. The number of rotatable bonds is 2. The molecular weight excluding hydrogens is 304 g/mol. The summed E-state index contributed by atoms with van der Waals surface area (Å²) in [5.74, 6) is 0.262. The number of carbonyl (C=O) groups excluding carboxylic acids is 1. The van der Waals surface area contributed by atoms with Crippen LogP contribution in [0.25, 0.3) is 0 Å². The van der Waals surface area contributed by atoms with E-state index in [2.05, 4.69) is 21.0 Å². The van der Waals surface area contributed by atoms with Gasteiger partial charge < -0.3 is 0 Å². The van der Waals surface area contributed by atoms with Crippen LogP contribution in [0.4, 0.5) is 0 Å². The summed E-state index contributed by atoms with van der Waals surface area (Å²) >= 11 is 3.42. The van der Waals surface area contributed by atoms with Gasteiger partial charge in [0.15, 0.2) is 0 Å². The van der Waals surface area contributed by atoms with Crippen molar-refractivity contribution < 1.29 is 4.79 Å². The molecule has 0 bridgehead atoms. The van der Waals surface area contributed by atoms with Crippen LogP contribution in [0.3, 0.4) is 0 Å². The molecule has 1 amide bonds. The Bertz CT molecular complexity index is 509. The Morgan fingerprint density at radius 2 is 2.00 bits per heavy atom. The maximum Gasteiger partial charge on any atom is 0.251 e. The second-order valence-corrected chi connectivity index (χ2v) is 6.18. The lowest BCUT2D eigenvalue weighted by molar-refractivity contribution is -0.132. The molecule has 100 valence electrons. The number of amides is 1. The summed E-state index contributed by atoms with van der Waals surface area (Å²) in [6, 6.07) is 8.07. The number of carbonyl (C=O) groups is 1. The highest BCUT2D eigenvalue weighted by atomic mass is 79.9. The fourth-order valence-electron chi connectivity index (χ4n) is 2.82. The Labute approximate surface area is 121 Å². The molecule has 1 saturated carbocycles. The quantitative estimate of drug-likeness (QED) is 0.817. The Kier molecular flexibility index (Phi) is 3.69. The van der Waals surface area contributed by atoms with Crippen LogP contribution in [-0.4, -0.2) is 16.6 Å². The molecule has 1 fully saturated rings. The van der Waals surface area contributed by atoms with Crippen molar-refractivity contribution in [3.63, 3.8) is 0 Å². The van der Waals surface area contributed by atoms with Crippen molar-refractivity contribution in [2.45, 2.75) is 38.6 Å². The van der Waals surface area contributed by atoms with Gasteiger partial charge in [-0.05, 0) is 37.0 Å². The van der Waals surface area contributed by atoms with E-state index in [-0.39, 0.29) is 11.8 Å². The van der Waals surface area contributed by atoms with Crippen molar-refractivity contribution in [1.29, 1.82) is 0 Å². The van der Waals surface area contributed by atoms with Crippen LogP contribution in [0.2, 0.25) is 0 Å². The molecule has 2 aliphatic rings. The predicted molar refractivity (Wildman–Crippen MR) is 78.7 cm³/mol. The van der Waals surface area contributed by atoms with Crippen LogP contribution < -0.4 is 0 Å². The number of hydrazone groups is 1. The lowest BCUT2D eigenvalue weighted by Crippen LogP contribution is -2.26. The normalized spacial score (nSPS) is 23.0. The monoisotopic (exact) mass is 320 g/mol. The molecule has 1 aromatic carbocycles. The maximum atomic E-state index is 12.4. The molecule has 1 aliphatic heterocycles. The second kappa shape index (κ2) is 5.45. The van der Waals surface area contributed by atoms with Gasteiger partial charge in [-0.25, -0.2) is 5.01 Å². The number of hydrogen-bond acceptors (Lipinski definition) is 2. The van der Waals surface area contributed by atoms with E-state index in [1.165, 1.54) is 12.8 Å². The number of nitrogens with zero attached hydrogens (tertiary/aromatic N) is 2. The van der Waals surface area contributed by atoms with Gasteiger partial charge in [0.1, 0.15) is 0 Å². The van der Waals surface area contributed by atoms with Gasteiger partial charge in [-0.1, -0.05) is 40.9 Å². The van der Waals surface area contributed by atoms with Gasteiger partial charge in [0.05, 0.1) is 18.2 Å². The first-order valence-corrected chi connectivity index (χ1v) is 7.66. The molecule has 3 rings (SSSR count). The van der Waals surface area contributed by atoms with Gasteiger partial charge >= 0.3 is 0 Å². The van der Waals surface area contributed by atoms with E-state index >= 15 is 0 Å². The van der Waals surface area contributed by atoms with E-state index in [9.17, 15) is 4.79 Å². The first-order chi connectivity index (χ1) is 9.24. The van der Waals surface area contributed by atoms with Crippen LogP contribution in [0.1, 0.15) is 37.7 Å². The maximum absolute atomic E-state index is 12.4. The van der Waals surface area contributed by atoms with Crippen LogP contribution in [0, 0.1) is 5.92 Å². The smallest absolute Gasteiger partial charge is 0.251 e. The lowest BCUT2D eigenvalue weighted by atomic mass is 9.98. The standard InChI is InChI=1S/C15H17BrN2O/c16-12-8-6-11(7-9-12)10-18-15(19)13-4-2-1-3-5-14(13)17-18/h6-9,13H,1-5,10H2. The van der Waals surface area contributed by atoms with Gasteiger partial charge in [0, 0.05) is 4.47 Å². The summed E-state index contributed by atoms with van der Waals surface area (Å²) in [5.41, 5.74) is 2.23. The summed E-state index contributed by atoms with van der Waals surface area (Å²) in [4.78, 5) is 12.4. The van der Waals surface area contributed by atoms with Crippen molar-refractivity contribution in [3.8, 4) is 0 Å². The summed E-state index contributed by atoms with van der Waals surface area (Å²) in [6.07, 6.45) is 5.54. The molecule has 1 aliphatic carbocycles. The molecule has 0 radical (unpaired) electrons. The zero-order chi connectivity index (χ0) is 13.2. The van der Waals surface area contributed by atoms with Gasteiger partial charge in [0.2, 0.25) is 0 Å². The topological polar surface area (TPSA) is 32.7 Å². The van der Waals surface area contributed by atoms with E-state index in [0.717, 1.165) is 35.0 Å². The number of fused-ring (bicyclic) bond motifs is 1. The molecule has 4 heteroatoms. The number of hydrogen-bond donors (Lipinski definition) is 0. The Morgan fingerprint density at radius 1 is 1.21 bits per heavy atom. The minimum Gasteiger partial charge on any atom is -0.272 e. The number of halogens is 1. The molecule has 0 spiro atoms. The highest BCUT2D eigenvalue weighted by Gasteiger charge is 2.35. The average molecular weight is 321 g/mol. The van der Waals surface area contributed by atoms with Crippen molar-refractivity contribution in [3.05, 3.63) is 34.3 Å². The number of benzene rings is 1. The second-order valence-electron chi connectivity index (χ2n) is 5.27. The molecule has 3 nitrogen and oxygen atoms in total. The predicted octanol–water partition coefficient (Wildman–Crippen LogP) is 3.73. The minimum atomic E-state index is 0.0675. The van der Waals surface area contributed by atoms with Crippen LogP contribution in [0.5, 0.6) is 0 Å². The molecule has 1 atom stereocenters. The highest BCUT2D eigenvalue weighted by Crippen LogP contribution is 2.29. The van der Waals surface area contributed by atoms with Crippen molar-refractivity contribution in [2.24, 2.45) is 11.0 Å².